The van der Waals surface area contributed by atoms with Gasteiger partial charge in [-0.05, 0) is 17.7 Å². The van der Waals surface area contributed by atoms with Gasteiger partial charge >= 0.3 is 0 Å². The quantitative estimate of drug-likeness (QED) is 0.867. The van der Waals surface area contributed by atoms with Gasteiger partial charge in [0.15, 0.2) is 0 Å². The molecular formula is C16H22N4O3S. The fourth-order valence-electron chi connectivity index (χ4n) is 2.99. The number of nitrogens with zero attached hydrogens (tertiary/aromatic N) is 3. The van der Waals surface area contributed by atoms with Gasteiger partial charge in [0, 0.05) is 39.1 Å². The summed E-state index contributed by atoms with van der Waals surface area (Å²) in [5, 5.41) is 3.26. The maximum absolute atomic E-state index is 13.0. The maximum Gasteiger partial charge on any atom is 0.219 e. The van der Waals surface area contributed by atoms with Crippen molar-refractivity contribution in [3.63, 3.8) is 0 Å². The number of aryl methyl sites for hydroxylation is 1. The number of hydrogen-bond donors (Lipinski definition) is 1. The van der Waals surface area contributed by atoms with Crippen LogP contribution in [0.15, 0.2) is 36.7 Å². The first-order chi connectivity index (χ1) is 11.5. The Hall–Kier alpha value is -1.90. The fourth-order valence-corrected chi connectivity index (χ4v) is 4.69. The van der Waals surface area contributed by atoms with Gasteiger partial charge in [-0.1, -0.05) is 12.1 Å². The first kappa shape index (κ1) is 16.9. The number of piperazine rings is 1. The van der Waals surface area contributed by atoms with Gasteiger partial charge in [0.2, 0.25) is 10.0 Å². The number of rotatable bonds is 5. The van der Waals surface area contributed by atoms with E-state index in [0.29, 0.717) is 30.9 Å². The zero-order valence-corrected chi connectivity index (χ0v) is 14.7. The second-order valence-corrected chi connectivity index (χ2v) is 7.76. The number of sulfonamides is 1. The average Bonchev–Trinajstić information content (AvgIpc) is 3.00. The Morgan fingerprint density at radius 2 is 2.25 bits per heavy atom. The highest BCUT2D eigenvalue weighted by Gasteiger charge is 2.35. The number of aromatic nitrogens is 2. The predicted octanol–water partition coefficient (Wildman–Crippen LogP) is 0.905. The largest absolute Gasteiger partial charge is 0.497 e. The van der Waals surface area contributed by atoms with E-state index >= 15 is 0 Å². The molecule has 0 amide bonds. The van der Waals surface area contributed by atoms with E-state index in [9.17, 15) is 8.42 Å². The molecule has 1 saturated heterocycles. The number of ether oxygens (including phenoxy) is 1. The third-order valence-electron chi connectivity index (χ3n) is 4.19. The minimum atomic E-state index is -3.47. The molecule has 1 aromatic carbocycles. The number of methoxy groups -OCH3 is 1. The standard InChI is InChI=1S/C16H22N4O3S/c1-19-8-7-18-16(19)15-11-17-6-9-20(15)24(21,22)12-13-4-3-5-14(10-13)23-2/h3-5,7-8,10,15,17H,6,9,11-12H2,1-2H3. The van der Waals surface area contributed by atoms with E-state index in [-0.39, 0.29) is 11.8 Å². The Balaban J connectivity index is 1.87. The fraction of sp³-hybridized carbons (Fsp3) is 0.438. The molecule has 8 heteroatoms. The molecule has 24 heavy (non-hydrogen) atoms. The summed E-state index contributed by atoms with van der Waals surface area (Å²) >= 11 is 0. The molecular weight excluding hydrogens is 328 g/mol. The molecule has 0 bridgehead atoms. The Morgan fingerprint density at radius 3 is 2.96 bits per heavy atom. The van der Waals surface area contributed by atoms with Crippen molar-refractivity contribution >= 4 is 10.0 Å². The summed E-state index contributed by atoms with van der Waals surface area (Å²) in [5.74, 6) is 1.35. The van der Waals surface area contributed by atoms with Gasteiger partial charge in [0.25, 0.3) is 0 Å². The van der Waals surface area contributed by atoms with Crippen molar-refractivity contribution in [2.45, 2.75) is 11.8 Å². The maximum atomic E-state index is 13.0. The lowest BCUT2D eigenvalue weighted by atomic mass is 10.2. The molecule has 7 nitrogen and oxygen atoms in total. The van der Waals surface area contributed by atoms with Crippen molar-refractivity contribution < 1.29 is 13.2 Å². The summed E-state index contributed by atoms with van der Waals surface area (Å²) < 4.78 is 34.6. The lowest BCUT2D eigenvalue weighted by molar-refractivity contribution is 0.258. The highest BCUT2D eigenvalue weighted by Crippen LogP contribution is 2.26. The van der Waals surface area contributed by atoms with Crippen LogP contribution in [0.5, 0.6) is 5.75 Å². The summed E-state index contributed by atoms with van der Waals surface area (Å²) in [7, 11) is -0.0197. The molecule has 1 fully saturated rings. The van der Waals surface area contributed by atoms with Crippen LogP contribution in [0.2, 0.25) is 0 Å². The normalized spacial score (nSPS) is 19.3. The van der Waals surface area contributed by atoms with Gasteiger partial charge in [-0.25, -0.2) is 13.4 Å². The van der Waals surface area contributed by atoms with Crippen molar-refractivity contribution in [3.05, 3.63) is 48.0 Å². The number of hydrogen-bond acceptors (Lipinski definition) is 5. The van der Waals surface area contributed by atoms with Crippen molar-refractivity contribution in [1.82, 2.24) is 19.2 Å². The molecule has 1 aliphatic heterocycles. The van der Waals surface area contributed by atoms with Gasteiger partial charge in [-0.3, -0.25) is 0 Å². The highest BCUT2D eigenvalue weighted by molar-refractivity contribution is 7.88. The molecule has 1 aliphatic rings. The Morgan fingerprint density at radius 1 is 1.42 bits per heavy atom. The lowest BCUT2D eigenvalue weighted by Gasteiger charge is -2.34. The molecule has 1 unspecified atom stereocenters. The van der Waals surface area contributed by atoms with E-state index in [0.717, 1.165) is 5.82 Å². The topological polar surface area (TPSA) is 76.5 Å². The summed E-state index contributed by atoms with van der Waals surface area (Å²) in [6, 6.07) is 6.87. The molecule has 0 radical (unpaired) electrons. The monoisotopic (exact) mass is 350 g/mol. The molecule has 1 aromatic heterocycles. The average molecular weight is 350 g/mol. The van der Waals surface area contributed by atoms with Gasteiger partial charge in [0.05, 0.1) is 18.9 Å². The molecule has 1 N–H and O–H groups in total. The summed E-state index contributed by atoms with van der Waals surface area (Å²) in [5.41, 5.74) is 0.714. The van der Waals surface area contributed by atoms with Crippen LogP contribution in [0.4, 0.5) is 0 Å². The Bertz CT molecular complexity index is 803. The van der Waals surface area contributed by atoms with Crippen molar-refractivity contribution in [2.24, 2.45) is 7.05 Å². The zero-order chi connectivity index (χ0) is 17.2. The van der Waals surface area contributed by atoms with Crippen molar-refractivity contribution in [2.75, 3.05) is 26.7 Å². The molecule has 1 atom stereocenters. The molecule has 130 valence electrons. The smallest absolute Gasteiger partial charge is 0.219 e. The molecule has 2 heterocycles. The van der Waals surface area contributed by atoms with E-state index in [1.165, 1.54) is 0 Å². The van der Waals surface area contributed by atoms with Crippen LogP contribution < -0.4 is 10.1 Å². The highest BCUT2D eigenvalue weighted by atomic mass is 32.2. The van der Waals surface area contributed by atoms with Gasteiger partial charge in [-0.15, -0.1) is 0 Å². The third-order valence-corrected chi connectivity index (χ3v) is 6.04. The summed E-state index contributed by atoms with van der Waals surface area (Å²) in [4.78, 5) is 4.33. The van der Waals surface area contributed by atoms with Crippen LogP contribution in [-0.4, -0.2) is 49.0 Å². The molecule has 0 spiro atoms. The summed E-state index contributed by atoms with van der Waals surface area (Å²) in [6.45, 7) is 1.63. The van der Waals surface area contributed by atoms with E-state index in [1.54, 1.807) is 41.9 Å². The second kappa shape index (κ2) is 6.92. The third kappa shape index (κ3) is 3.45. The Labute approximate surface area is 142 Å². The number of imidazole rings is 1. The minimum absolute atomic E-state index is 0.0505. The zero-order valence-electron chi connectivity index (χ0n) is 13.8. The minimum Gasteiger partial charge on any atom is -0.497 e. The van der Waals surface area contributed by atoms with Crippen LogP contribution in [-0.2, 0) is 22.8 Å². The van der Waals surface area contributed by atoms with Crippen LogP contribution in [0, 0.1) is 0 Å². The van der Waals surface area contributed by atoms with E-state index in [4.69, 9.17) is 4.74 Å². The van der Waals surface area contributed by atoms with Crippen molar-refractivity contribution in [3.8, 4) is 5.75 Å². The molecule has 3 rings (SSSR count). The van der Waals surface area contributed by atoms with Crippen LogP contribution in [0.3, 0.4) is 0 Å². The number of benzene rings is 1. The summed E-state index contributed by atoms with van der Waals surface area (Å²) in [6.07, 6.45) is 3.52. The van der Waals surface area contributed by atoms with Crippen molar-refractivity contribution in [1.29, 1.82) is 0 Å². The second-order valence-electron chi connectivity index (χ2n) is 5.83. The first-order valence-corrected chi connectivity index (χ1v) is 9.42. The van der Waals surface area contributed by atoms with E-state index < -0.39 is 10.0 Å². The molecule has 0 aliphatic carbocycles. The first-order valence-electron chi connectivity index (χ1n) is 7.81. The van der Waals surface area contributed by atoms with Gasteiger partial charge in [0.1, 0.15) is 11.6 Å². The van der Waals surface area contributed by atoms with Gasteiger partial charge < -0.3 is 14.6 Å². The SMILES string of the molecule is COc1cccc(CS(=O)(=O)N2CCNCC2c2nccn2C)c1. The predicted molar refractivity (Wildman–Crippen MR) is 91.1 cm³/mol. The van der Waals surface area contributed by atoms with Crippen LogP contribution >= 0.6 is 0 Å². The Kier molecular flexibility index (Phi) is 4.88. The van der Waals surface area contributed by atoms with E-state index in [2.05, 4.69) is 10.3 Å². The van der Waals surface area contributed by atoms with Crippen LogP contribution in [0.25, 0.3) is 0 Å². The van der Waals surface area contributed by atoms with Crippen LogP contribution in [0.1, 0.15) is 17.4 Å². The lowest BCUT2D eigenvalue weighted by Crippen LogP contribution is -2.49. The number of nitrogens with one attached hydrogen (secondary N) is 1. The molecule has 0 saturated carbocycles. The van der Waals surface area contributed by atoms with Gasteiger partial charge in [-0.2, -0.15) is 4.31 Å². The molecule has 2 aromatic rings. The van der Waals surface area contributed by atoms with E-state index in [1.807, 2.05) is 17.8 Å².